The highest BCUT2D eigenvalue weighted by molar-refractivity contribution is 7.19. The van der Waals surface area contributed by atoms with Crippen molar-refractivity contribution in [3.63, 3.8) is 0 Å². The molecule has 0 fully saturated rings. The molecule has 2 aromatic carbocycles. The molecule has 2 aromatic heterocycles. The lowest BCUT2D eigenvalue weighted by Crippen LogP contribution is -2.11. The van der Waals surface area contributed by atoms with E-state index in [2.05, 4.69) is 10.2 Å². The lowest BCUT2D eigenvalue weighted by Gasteiger charge is -2.02. The van der Waals surface area contributed by atoms with Crippen LogP contribution >= 0.6 is 22.9 Å². The summed E-state index contributed by atoms with van der Waals surface area (Å²) in [4.78, 5) is 14.0. The second kappa shape index (κ2) is 5.61. The van der Waals surface area contributed by atoms with E-state index in [4.69, 9.17) is 11.6 Å². The number of aromatic nitrogens is 3. The van der Waals surface area contributed by atoms with Crippen LogP contribution in [0.2, 0.25) is 5.02 Å². The third-order valence-corrected chi connectivity index (χ3v) is 4.74. The minimum Gasteiger partial charge on any atom is -0.269 e. The van der Waals surface area contributed by atoms with Crippen molar-refractivity contribution in [2.75, 3.05) is 0 Å². The molecule has 112 valence electrons. The second-order valence-corrected chi connectivity index (χ2v) is 6.41. The van der Waals surface area contributed by atoms with Gasteiger partial charge in [-0.2, -0.15) is 0 Å². The van der Waals surface area contributed by atoms with Gasteiger partial charge < -0.3 is 0 Å². The lowest BCUT2D eigenvalue weighted by atomic mass is 10.2. The van der Waals surface area contributed by atoms with Crippen molar-refractivity contribution in [2.24, 2.45) is 0 Å². The Kier molecular flexibility index (Phi) is 3.44. The zero-order chi connectivity index (χ0) is 15.8. The van der Waals surface area contributed by atoms with E-state index >= 15 is 0 Å². The number of halogens is 1. The van der Waals surface area contributed by atoms with Gasteiger partial charge in [-0.1, -0.05) is 53.3 Å². The summed E-state index contributed by atoms with van der Waals surface area (Å²) in [6, 6.07) is 18.6. The SMILES string of the molecule is O=c1cc(-c2ccccc2)sc2nnc(-c3ccc(Cl)cc3)n12. The molecule has 0 aliphatic carbocycles. The number of fused-ring (bicyclic) bond motifs is 1. The third-order valence-electron chi connectivity index (χ3n) is 3.47. The molecule has 0 saturated heterocycles. The van der Waals surface area contributed by atoms with Gasteiger partial charge in [-0.3, -0.25) is 4.79 Å². The lowest BCUT2D eigenvalue weighted by molar-refractivity contribution is 1.09. The molecule has 0 N–H and O–H groups in total. The molecule has 4 nitrogen and oxygen atoms in total. The molecule has 0 saturated carbocycles. The fourth-order valence-electron chi connectivity index (χ4n) is 2.37. The molecular weight excluding hydrogens is 330 g/mol. The van der Waals surface area contributed by atoms with E-state index in [-0.39, 0.29) is 5.56 Å². The summed E-state index contributed by atoms with van der Waals surface area (Å²) in [6.07, 6.45) is 0. The Labute approximate surface area is 140 Å². The molecule has 6 heteroatoms. The van der Waals surface area contributed by atoms with Crippen LogP contribution in [0.3, 0.4) is 0 Å². The van der Waals surface area contributed by atoms with Crippen molar-refractivity contribution in [2.45, 2.75) is 0 Å². The van der Waals surface area contributed by atoms with E-state index < -0.39 is 0 Å². The Bertz CT molecular complexity index is 1040. The van der Waals surface area contributed by atoms with Crippen LogP contribution in [0, 0.1) is 0 Å². The second-order valence-electron chi connectivity index (χ2n) is 4.96. The highest BCUT2D eigenvalue weighted by Gasteiger charge is 2.13. The van der Waals surface area contributed by atoms with E-state index in [1.807, 2.05) is 42.5 Å². The Hall–Kier alpha value is -2.50. The van der Waals surface area contributed by atoms with Crippen LogP contribution in [-0.4, -0.2) is 14.6 Å². The standard InChI is InChI=1S/C17H10ClN3OS/c18-13-8-6-12(7-9-13)16-19-20-17-21(16)15(22)10-14(23-17)11-4-2-1-3-5-11/h1-10H. The maximum absolute atomic E-state index is 12.6. The van der Waals surface area contributed by atoms with Gasteiger partial charge in [0.15, 0.2) is 5.82 Å². The summed E-state index contributed by atoms with van der Waals surface area (Å²) in [5, 5.41) is 8.97. The van der Waals surface area contributed by atoms with Crippen molar-refractivity contribution < 1.29 is 0 Å². The minimum atomic E-state index is -0.146. The topological polar surface area (TPSA) is 47.3 Å². The molecule has 0 aliphatic rings. The summed E-state index contributed by atoms with van der Waals surface area (Å²) < 4.78 is 1.53. The van der Waals surface area contributed by atoms with Crippen molar-refractivity contribution in [1.29, 1.82) is 0 Å². The Morgan fingerprint density at radius 1 is 0.913 bits per heavy atom. The molecule has 0 atom stereocenters. The highest BCUT2D eigenvalue weighted by atomic mass is 35.5. The van der Waals surface area contributed by atoms with Crippen molar-refractivity contribution >= 4 is 27.9 Å². The van der Waals surface area contributed by atoms with Crippen LogP contribution < -0.4 is 5.56 Å². The Morgan fingerprint density at radius 2 is 1.65 bits per heavy atom. The molecular formula is C17H10ClN3OS. The van der Waals surface area contributed by atoms with Crippen LogP contribution in [0.1, 0.15) is 0 Å². The van der Waals surface area contributed by atoms with Crippen molar-refractivity contribution in [3.05, 3.63) is 76.0 Å². The predicted molar refractivity (Wildman–Crippen MR) is 93.0 cm³/mol. The Balaban J connectivity index is 1.91. The fourth-order valence-corrected chi connectivity index (χ4v) is 3.46. The van der Waals surface area contributed by atoms with Gasteiger partial charge in [0.25, 0.3) is 5.56 Å². The predicted octanol–water partition coefficient (Wildman–Crippen LogP) is 4.14. The summed E-state index contributed by atoms with van der Waals surface area (Å²) in [7, 11) is 0. The molecule has 4 aromatic rings. The highest BCUT2D eigenvalue weighted by Crippen LogP contribution is 2.26. The minimum absolute atomic E-state index is 0.146. The summed E-state index contributed by atoms with van der Waals surface area (Å²) in [5.41, 5.74) is 1.65. The van der Waals surface area contributed by atoms with Crippen LogP contribution in [0.15, 0.2) is 65.5 Å². The molecule has 0 amide bonds. The van der Waals surface area contributed by atoms with E-state index in [0.29, 0.717) is 15.8 Å². The quantitative estimate of drug-likeness (QED) is 0.551. The van der Waals surface area contributed by atoms with Gasteiger partial charge in [0.2, 0.25) is 4.96 Å². The molecule has 0 bridgehead atoms. The van der Waals surface area contributed by atoms with Gasteiger partial charge in [0.05, 0.1) is 0 Å². The summed E-state index contributed by atoms with van der Waals surface area (Å²) in [5.74, 6) is 0.525. The summed E-state index contributed by atoms with van der Waals surface area (Å²) in [6.45, 7) is 0. The number of hydrogen-bond donors (Lipinski definition) is 0. The summed E-state index contributed by atoms with van der Waals surface area (Å²) >= 11 is 7.34. The maximum atomic E-state index is 12.6. The average Bonchev–Trinajstić information content (AvgIpc) is 3.01. The van der Waals surface area contributed by atoms with Gasteiger partial charge in [-0.05, 0) is 29.8 Å². The van der Waals surface area contributed by atoms with E-state index in [1.165, 1.54) is 15.7 Å². The zero-order valence-corrected chi connectivity index (χ0v) is 13.4. The van der Waals surface area contributed by atoms with Crippen LogP contribution in [0.4, 0.5) is 0 Å². The molecule has 0 aliphatic heterocycles. The zero-order valence-electron chi connectivity index (χ0n) is 11.8. The molecule has 23 heavy (non-hydrogen) atoms. The van der Waals surface area contributed by atoms with Gasteiger partial charge in [0, 0.05) is 21.5 Å². The number of rotatable bonds is 2. The van der Waals surface area contributed by atoms with Crippen molar-refractivity contribution in [3.8, 4) is 21.8 Å². The maximum Gasteiger partial charge on any atom is 0.260 e. The molecule has 0 radical (unpaired) electrons. The van der Waals surface area contributed by atoms with Gasteiger partial charge in [-0.25, -0.2) is 4.40 Å². The Morgan fingerprint density at radius 3 is 2.39 bits per heavy atom. The number of hydrogen-bond acceptors (Lipinski definition) is 4. The van der Waals surface area contributed by atoms with Gasteiger partial charge in [0.1, 0.15) is 0 Å². The first-order chi connectivity index (χ1) is 11.2. The first kappa shape index (κ1) is 14.1. The smallest absolute Gasteiger partial charge is 0.260 e. The fraction of sp³-hybridized carbons (Fsp3) is 0. The number of benzene rings is 2. The van der Waals surface area contributed by atoms with Crippen LogP contribution in [0.5, 0.6) is 0 Å². The monoisotopic (exact) mass is 339 g/mol. The van der Waals surface area contributed by atoms with Gasteiger partial charge in [-0.15, -0.1) is 10.2 Å². The van der Waals surface area contributed by atoms with E-state index in [1.54, 1.807) is 18.2 Å². The van der Waals surface area contributed by atoms with Gasteiger partial charge >= 0.3 is 0 Å². The third kappa shape index (κ3) is 2.54. The molecule has 0 unspecified atom stereocenters. The first-order valence-corrected chi connectivity index (χ1v) is 8.12. The molecule has 4 rings (SSSR count). The van der Waals surface area contributed by atoms with Crippen LogP contribution in [0.25, 0.3) is 26.8 Å². The van der Waals surface area contributed by atoms with E-state index in [0.717, 1.165) is 16.0 Å². The molecule has 0 spiro atoms. The molecule has 2 heterocycles. The van der Waals surface area contributed by atoms with Crippen molar-refractivity contribution in [1.82, 2.24) is 14.6 Å². The number of nitrogens with zero attached hydrogens (tertiary/aromatic N) is 3. The van der Waals surface area contributed by atoms with E-state index in [9.17, 15) is 4.79 Å². The van der Waals surface area contributed by atoms with Crippen LogP contribution in [-0.2, 0) is 0 Å². The normalized spacial score (nSPS) is 11.0. The largest absolute Gasteiger partial charge is 0.269 e. The average molecular weight is 340 g/mol. The first-order valence-electron chi connectivity index (χ1n) is 6.93.